The molecule has 4 heteroatoms. The molecule has 0 aliphatic rings. The molecule has 0 aliphatic heterocycles. The van der Waals surface area contributed by atoms with Crippen LogP contribution in [0, 0.1) is 6.92 Å². The van der Waals surface area contributed by atoms with Gasteiger partial charge in [-0.2, -0.15) is 0 Å². The highest BCUT2D eigenvalue weighted by molar-refractivity contribution is 5.89. The normalized spacial score (nSPS) is 12.2. The van der Waals surface area contributed by atoms with Gasteiger partial charge in [-0.15, -0.1) is 0 Å². The van der Waals surface area contributed by atoms with Crippen LogP contribution in [0.15, 0.2) is 40.8 Å². The van der Waals surface area contributed by atoms with Gasteiger partial charge >= 0.3 is 0 Å². The second-order valence-electron chi connectivity index (χ2n) is 4.89. The van der Waals surface area contributed by atoms with Crippen LogP contribution in [-0.4, -0.2) is 5.91 Å². The van der Waals surface area contributed by atoms with Crippen LogP contribution in [0.3, 0.4) is 0 Å². The maximum absolute atomic E-state index is 11.2. The first-order valence-electron chi connectivity index (χ1n) is 6.71. The van der Waals surface area contributed by atoms with Crippen LogP contribution in [-0.2, 0) is 11.3 Å². The van der Waals surface area contributed by atoms with Gasteiger partial charge in [0.1, 0.15) is 11.5 Å². The second-order valence-corrected chi connectivity index (χ2v) is 4.89. The second kappa shape index (κ2) is 6.39. The largest absolute Gasteiger partial charge is 0.465 e. The molecular weight excluding hydrogens is 252 g/mol. The zero-order valence-electron chi connectivity index (χ0n) is 12.1. The lowest BCUT2D eigenvalue weighted by Gasteiger charge is -2.14. The van der Waals surface area contributed by atoms with Crippen LogP contribution < -0.4 is 10.6 Å². The van der Waals surface area contributed by atoms with Crippen molar-refractivity contribution >= 4 is 11.6 Å². The van der Waals surface area contributed by atoms with E-state index < -0.39 is 0 Å². The van der Waals surface area contributed by atoms with Crippen molar-refractivity contribution in [2.75, 3.05) is 5.32 Å². The molecule has 0 bridgehead atoms. The molecule has 4 nitrogen and oxygen atoms in total. The summed E-state index contributed by atoms with van der Waals surface area (Å²) < 4.78 is 5.60. The van der Waals surface area contributed by atoms with Gasteiger partial charge in [0, 0.05) is 19.2 Å². The maximum atomic E-state index is 11.2. The van der Waals surface area contributed by atoms with Crippen molar-refractivity contribution in [2.45, 2.75) is 33.4 Å². The molecule has 0 aliphatic carbocycles. The van der Waals surface area contributed by atoms with E-state index in [-0.39, 0.29) is 11.9 Å². The Balaban J connectivity index is 2.01. The van der Waals surface area contributed by atoms with Crippen molar-refractivity contribution in [3.05, 3.63) is 53.5 Å². The van der Waals surface area contributed by atoms with Crippen molar-refractivity contribution in [1.29, 1.82) is 0 Å². The van der Waals surface area contributed by atoms with Crippen molar-refractivity contribution in [2.24, 2.45) is 0 Å². The molecule has 1 aromatic heterocycles. The highest BCUT2D eigenvalue weighted by Crippen LogP contribution is 2.19. The van der Waals surface area contributed by atoms with Crippen molar-refractivity contribution in [3.63, 3.8) is 0 Å². The van der Waals surface area contributed by atoms with Crippen molar-refractivity contribution in [1.82, 2.24) is 5.32 Å². The predicted octanol–water partition coefficient (Wildman–Crippen LogP) is 3.40. The molecule has 0 spiro atoms. The lowest BCUT2D eigenvalue weighted by atomic mass is 10.1. The van der Waals surface area contributed by atoms with E-state index in [1.54, 1.807) is 0 Å². The third-order valence-electron chi connectivity index (χ3n) is 3.11. The van der Waals surface area contributed by atoms with E-state index in [1.807, 2.05) is 43.3 Å². The van der Waals surface area contributed by atoms with Crippen LogP contribution in [0.5, 0.6) is 0 Å². The number of para-hydroxylation sites is 1. The summed E-state index contributed by atoms with van der Waals surface area (Å²) in [6.07, 6.45) is 0. The van der Waals surface area contributed by atoms with E-state index in [1.165, 1.54) is 6.92 Å². The Hall–Kier alpha value is -2.07. The average Bonchev–Trinajstić information content (AvgIpc) is 2.83. The fourth-order valence-electron chi connectivity index (χ4n) is 2.04. The van der Waals surface area contributed by atoms with Gasteiger partial charge in [-0.1, -0.05) is 18.2 Å². The summed E-state index contributed by atoms with van der Waals surface area (Å²) in [5, 5.41) is 6.24. The minimum absolute atomic E-state index is 0.0628. The van der Waals surface area contributed by atoms with E-state index in [0.717, 1.165) is 22.8 Å². The monoisotopic (exact) mass is 272 g/mol. The Bertz CT molecular complexity index is 590. The first-order valence-corrected chi connectivity index (χ1v) is 6.71. The van der Waals surface area contributed by atoms with E-state index in [2.05, 4.69) is 17.6 Å². The molecule has 1 amide bonds. The Kier molecular flexibility index (Phi) is 4.58. The molecule has 2 aromatic rings. The number of furan rings is 1. The number of carbonyl (C=O) groups is 1. The average molecular weight is 272 g/mol. The van der Waals surface area contributed by atoms with Gasteiger partial charge in [-0.25, -0.2) is 0 Å². The molecule has 1 heterocycles. The first kappa shape index (κ1) is 14.3. The molecule has 1 unspecified atom stereocenters. The molecule has 2 rings (SSSR count). The molecule has 20 heavy (non-hydrogen) atoms. The Labute approximate surface area is 119 Å². The fourth-order valence-corrected chi connectivity index (χ4v) is 2.04. The number of aryl methyl sites for hydroxylation is 1. The number of hydrogen-bond donors (Lipinski definition) is 2. The van der Waals surface area contributed by atoms with Gasteiger partial charge in [-0.05, 0) is 37.6 Å². The van der Waals surface area contributed by atoms with Gasteiger partial charge < -0.3 is 15.1 Å². The predicted molar refractivity (Wildman–Crippen MR) is 79.4 cm³/mol. The van der Waals surface area contributed by atoms with E-state index in [0.29, 0.717) is 6.54 Å². The Morgan fingerprint density at radius 1 is 1.25 bits per heavy atom. The zero-order chi connectivity index (χ0) is 14.5. The number of nitrogens with one attached hydrogen (secondary N) is 2. The number of benzene rings is 1. The van der Waals surface area contributed by atoms with Crippen molar-refractivity contribution < 1.29 is 9.21 Å². The van der Waals surface area contributed by atoms with Gasteiger partial charge in [0.25, 0.3) is 0 Å². The minimum Gasteiger partial charge on any atom is -0.465 e. The summed E-state index contributed by atoms with van der Waals surface area (Å²) in [5.74, 6) is 1.76. The number of amides is 1. The van der Waals surface area contributed by atoms with Crippen LogP contribution in [0.25, 0.3) is 0 Å². The SMILES string of the molecule is CC(=O)Nc1ccccc1CNC(C)c1ccc(C)o1. The van der Waals surface area contributed by atoms with Crippen LogP contribution >= 0.6 is 0 Å². The topological polar surface area (TPSA) is 54.3 Å². The number of rotatable bonds is 5. The lowest BCUT2D eigenvalue weighted by molar-refractivity contribution is -0.114. The number of anilines is 1. The van der Waals surface area contributed by atoms with E-state index in [9.17, 15) is 4.79 Å². The van der Waals surface area contributed by atoms with Crippen LogP contribution in [0.2, 0.25) is 0 Å². The Morgan fingerprint density at radius 3 is 2.65 bits per heavy atom. The highest BCUT2D eigenvalue weighted by atomic mass is 16.3. The zero-order valence-corrected chi connectivity index (χ0v) is 12.1. The first-order chi connectivity index (χ1) is 9.56. The summed E-state index contributed by atoms with van der Waals surface area (Å²) in [7, 11) is 0. The van der Waals surface area contributed by atoms with Crippen molar-refractivity contribution in [3.8, 4) is 0 Å². The summed E-state index contributed by atoms with van der Waals surface area (Å²) >= 11 is 0. The highest BCUT2D eigenvalue weighted by Gasteiger charge is 2.10. The molecular formula is C16H20N2O2. The molecule has 0 saturated carbocycles. The molecule has 1 aromatic carbocycles. The number of carbonyl (C=O) groups excluding carboxylic acids is 1. The summed E-state index contributed by atoms with van der Waals surface area (Å²) in [5.41, 5.74) is 1.90. The maximum Gasteiger partial charge on any atom is 0.221 e. The van der Waals surface area contributed by atoms with Gasteiger partial charge in [0.05, 0.1) is 6.04 Å². The lowest BCUT2D eigenvalue weighted by Crippen LogP contribution is -2.19. The van der Waals surface area contributed by atoms with Gasteiger partial charge in [0.15, 0.2) is 0 Å². The summed E-state index contributed by atoms with van der Waals surface area (Å²) in [4.78, 5) is 11.2. The molecule has 0 radical (unpaired) electrons. The standard InChI is InChI=1S/C16H20N2O2/c1-11-8-9-16(20-11)12(2)17-10-14-6-4-5-7-15(14)18-13(3)19/h4-9,12,17H,10H2,1-3H3,(H,18,19). The molecule has 1 atom stereocenters. The molecule has 2 N–H and O–H groups in total. The molecule has 0 fully saturated rings. The minimum atomic E-state index is -0.0628. The smallest absolute Gasteiger partial charge is 0.221 e. The fraction of sp³-hybridized carbons (Fsp3) is 0.312. The summed E-state index contributed by atoms with van der Waals surface area (Å²) in [6.45, 7) is 6.16. The summed E-state index contributed by atoms with van der Waals surface area (Å²) in [6, 6.07) is 11.8. The van der Waals surface area contributed by atoms with E-state index in [4.69, 9.17) is 4.42 Å². The van der Waals surface area contributed by atoms with Gasteiger partial charge in [0.2, 0.25) is 5.91 Å². The quantitative estimate of drug-likeness (QED) is 0.877. The van der Waals surface area contributed by atoms with Gasteiger partial charge in [-0.3, -0.25) is 4.79 Å². The molecule has 0 saturated heterocycles. The van der Waals surface area contributed by atoms with Crippen LogP contribution in [0.1, 0.15) is 37.0 Å². The van der Waals surface area contributed by atoms with Crippen LogP contribution in [0.4, 0.5) is 5.69 Å². The third kappa shape index (κ3) is 3.71. The number of hydrogen-bond acceptors (Lipinski definition) is 3. The third-order valence-corrected chi connectivity index (χ3v) is 3.11. The Morgan fingerprint density at radius 2 is 2.00 bits per heavy atom. The van der Waals surface area contributed by atoms with E-state index >= 15 is 0 Å². The molecule has 106 valence electrons.